The standard InChI is InChI=1S/C26H30F6N4O3S/c27-25(28,29)21-6-4-19(5-7-21)18-40(38,39)36-9-8-23(17-36)33-15-24(37)35-12-10-34(11-13-35)16-20-2-1-3-22(14-20)26(30,31)32/h1-7,14,23,33H,8-13,15-18H2/t23-/m0/s1. The van der Waals surface area contributed by atoms with E-state index >= 15 is 0 Å². The van der Waals surface area contributed by atoms with E-state index in [0.29, 0.717) is 44.7 Å². The summed E-state index contributed by atoms with van der Waals surface area (Å²) in [7, 11) is -3.75. The van der Waals surface area contributed by atoms with Crippen molar-refractivity contribution in [3.63, 3.8) is 0 Å². The van der Waals surface area contributed by atoms with Crippen LogP contribution in [0.5, 0.6) is 0 Å². The Morgan fingerprint density at radius 1 is 0.850 bits per heavy atom. The first kappa shape index (κ1) is 30.3. The summed E-state index contributed by atoms with van der Waals surface area (Å²) in [5.74, 6) is -0.563. The van der Waals surface area contributed by atoms with Crippen LogP contribution in [0.25, 0.3) is 0 Å². The number of alkyl halides is 6. The van der Waals surface area contributed by atoms with Crippen molar-refractivity contribution in [2.45, 2.75) is 37.1 Å². The Kier molecular flexibility index (Phi) is 9.12. The highest BCUT2D eigenvalue weighted by molar-refractivity contribution is 7.88. The molecular formula is C26H30F6N4O3S. The number of hydrogen-bond donors (Lipinski definition) is 1. The second-order valence-corrected chi connectivity index (χ2v) is 12.0. The number of carbonyl (C=O) groups excluding carboxylic acids is 1. The van der Waals surface area contributed by atoms with Gasteiger partial charge in [-0.15, -0.1) is 0 Å². The van der Waals surface area contributed by atoms with Crippen LogP contribution >= 0.6 is 0 Å². The number of hydrogen-bond acceptors (Lipinski definition) is 5. The zero-order chi connectivity index (χ0) is 29.1. The zero-order valence-corrected chi connectivity index (χ0v) is 22.3. The second kappa shape index (κ2) is 12.0. The summed E-state index contributed by atoms with van der Waals surface area (Å²) >= 11 is 0. The molecule has 0 spiro atoms. The van der Waals surface area contributed by atoms with Gasteiger partial charge in [0, 0.05) is 51.9 Å². The lowest BCUT2D eigenvalue weighted by Crippen LogP contribution is -2.51. The summed E-state index contributed by atoms with van der Waals surface area (Å²) in [5, 5.41) is 3.10. The highest BCUT2D eigenvalue weighted by atomic mass is 32.2. The Hall–Kier alpha value is -2.68. The molecule has 1 N–H and O–H groups in total. The summed E-state index contributed by atoms with van der Waals surface area (Å²) in [4.78, 5) is 16.4. The topological polar surface area (TPSA) is 73.0 Å². The molecular weight excluding hydrogens is 562 g/mol. The van der Waals surface area contributed by atoms with Crippen LogP contribution in [0.4, 0.5) is 26.3 Å². The molecule has 2 heterocycles. The minimum atomic E-state index is -4.50. The SMILES string of the molecule is O=C(CN[C@H]1CCN(S(=O)(=O)Cc2ccc(C(F)(F)F)cc2)C1)N1CCN(Cc2cccc(C(F)(F)F)c2)CC1. The average Bonchev–Trinajstić information content (AvgIpc) is 3.37. The monoisotopic (exact) mass is 592 g/mol. The summed E-state index contributed by atoms with van der Waals surface area (Å²) < 4.78 is 104. The smallest absolute Gasteiger partial charge is 0.339 e. The fraction of sp³-hybridized carbons (Fsp3) is 0.500. The maximum atomic E-state index is 13.0. The van der Waals surface area contributed by atoms with Gasteiger partial charge in [-0.3, -0.25) is 9.69 Å². The van der Waals surface area contributed by atoms with E-state index in [1.54, 1.807) is 11.0 Å². The van der Waals surface area contributed by atoms with Crippen molar-refractivity contribution < 1.29 is 39.6 Å². The van der Waals surface area contributed by atoms with Crippen LogP contribution in [0.1, 0.15) is 28.7 Å². The lowest BCUT2D eigenvalue weighted by molar-refractivity contribution is -0.138. The molecule has 40 heavy (non-hydrogen) atoms. The largest absolute Gasteiger partial charge is 0.416 e. The van der Waals surface area contributed by atoms with Crippen molar-refractivity contribution in [3.8, 4) is 0 Å². The van der Waals surface area contributed by atoms with Crippen LogP contribution in [0.2, 0.25) is 0 Å². The molecule has 0 bridgehead atoms. The van der Waals surface area contributed by atoms with Crippen LogP contribution in [-0.4, -0.2) is 80.3 Å². The molecule has 1 amide bonds. The third kappa shape index (κ3) is 7.95. The van der Waals surface area contributed by atoms with Crippen LogP contribution in [0, 0.1) is 0 Å². The number of sulfonamides is 1. The molecule has 2 aromatic carbocycles. The van der Waals surface area contributed by atoms with Gasteiger partial charge >= 0.3 is 12.4 Å². The van der Waals surface area contributed by atoms with E-state index in [1.165, 1.54) is 10.4 Å². The van der Waals surface area contributed by atoms with Gasteiger partial charge in [-0.1, -0.05) is 30.3 Å². The lowest BCUT2D eigenvalue weighted by Gasteiger charge is -2.35. The molecule has 0 saturated carbocycles. The first-order valence-electron chi connectivity index (χ1n) is 12.7. The van der Waals surface area contributed by atoms with Crippen molar-refractivity contribution in [2.75, 3.05) is 45.8 Å². The molecule has 0 radical (unpaired) electrons. The highest BCUT2D eigenvalue weighted by Crippen LogP contribution is 2.30. The maximum absolute atomic E-state index is 13.0. The summed E-state index contributed by atoms with van der Waals surface area (Å²) in [5.41, 5.74) is -0.731. The van der Waals surface area contributed by atoms with Crippen molar-refractivity contribution in [1.82, 2.24) is 19.4 Å². The second-order valence-electron chi connectivity index (χ2n) is 10.0. The quantitative estimate of drug-likeness (QED) is 0.475. The number of amides is 1. The molecule has 0 aliphatic carbocycles. The molecule has 2 fully saturated rings. The fourth-order valence-electron chi connectivity index (χ4n) is 4.84. The molecule has 0 aromatic heterocycles. The summed E-state index contributed by atoms with van der Waals surface area (Å²) in [6.07, 6.45) is -8.41. The molecule has 14 heteroatoms. The molecule has 4 rings (SSSR count). The zero-order valence-electron chi connectivity index (χ0n) is 21.5. The van der Waals surface area contributed by atoms with Crippen molar-refractivity contribution in [1.29, 1.82) is 0 Å². The Balaban J connectivity index is 1.19. The Morgan fingerprint density at radius 3 is 2.12 bits per heavy atom. The fourth-order valence-corrected chi connectivity index (χ4v) is 6.43. The van der Waals surface area contributed by atoms with Gasteiger partial charge in [0.15, 0.2) is 0 Å². The number of piperazine rings is 1. The lowest BCUT2D eigenvalue weighted by atomic mass is 10.1. The maximum Gasteiger partial charge on any atom is 0.416 e. The van der Waals surface area contributed by atoms with E-state index in [9.17, 15) is 39.6 Å². The summed E-state index contributed by atoms with van der Waals surface area (Å²) in [6.45, 7) is 2.65. The molecule has 7 nitrogen and oxygen atoms in total. The van der Waals surface area contributed by atoms with Crippen LogP contribution in [0.15, 0.2) is 48.5 Å². The number of benzene rings is 2. The highest BCUT2D eigenvalue weighted by Gasteiger charge is 2.34. The van der Waals surface area contributed by atoms with Crippen molar-refractivity contribution in [3.05, 3.63) is 70.8 Å². The molecule has 1 atom stereocenters. The van der Waals surface area contributed by atoms with Crippen LogP contribution < -0.4 is 5.32 Å². The van der Waals surface area contributed by atoms with Gasteiger partial charge in [-0.05, 0) is 35.7 Å². The number of rotatable bonds is 8. The molecule has 0 unspecified atom stereocenters. The van der Waals surface area contributed by atoms with E-state index in [4.69, 9.17) is 0 Å². The summed E-state index contributed by atoms with van der Waals surface area (Å²) in [6, 6.07) is 8.98. The first-order valence-corrected chi connectivity index (χ1v) is 14.4. The third-order valence-electron chi connectivity index (χ3n) is 7.10. The minimum Gasteiger partial charge on any atom is -0.339 e. The molecule has 2 aliphatic rings. The molecule has 2 aromatic rings. The predicted octanol–water partition coefficient (Wildman–Crippen LogP) is 3.56. The van der Waals surface area contributed by atoms with Gasteiger partial charge in [0.2, 0.25) is 15.9 Å². The number of halogens is 6. The average molecular weight is 593 g/mol. The minimum absolute atomic E-state index is 0.0189. The Morgan fingerprint density at radius 2 is 1.50 bits per heavy atom. The molecule has 2 aliphatic heterocycles. The number of nitrogens with one attached hydrogen (secondary N) is 1. The normalized spacial score (nSPS) is 19.8. The van der Waals surface area contributed by atoms with E-state index in [0.717, 1.165) is 36.4 Å². The van der Waals surface area contributed by atoms with Crippen LogP contribution in [-0.2, 0) is 39.5 Å². The Labute approximate surface area is 228 Å². The van der Waals surface area contributed by atoms with Gasteiger partial charge < -0.3 is 10.2 Å². The van der Waals surface area contributed by atoms with Gasteiger partial charge in [-0.25, -0.2) is 12.7 Å². The third-order valence-corrected chi connectivity index (χ3v) is 8.92. The number of nitrogens with zero attached hydrogens (tertiary/aromatic N) is 3. The van der Waals surface area contributed by atoms with Gasteiger partial charge in [0.05, 0.1) is 23.4 Å². The predicted molar refractivity (Wildman–Crippen MR) is 135 cm³/mol. The molecule has 2 saturated heterocycles. The Bertz CT molecular complexity index is 1280. The van der Waals surface area contributed by atoms with Crippen molar-refractivity contribution >= 4 is 15.9 Å². The van der Waals surface area contributed by atoms with E-state index < -0.39 is 39.3 Å². The van der Waals surface area contributed by atoms with E-state index in [1.807, 2.05) is 4.90 Å². The van der Waals surface area contributed by atoms with E-state index in [-0.39, 0.29) is 37.1 Å². The van der Waals surface area contributed by atoms with Gasteiger partial charge in [0.1, 0.15) is 0 Å². The van der Waals surface area contributed by atoms with Gasteiger partial charge in [-0.2, -0.15) is 26.3 Å². The number of carbonyl (C=O) groups is 1. The first-order chi connectivity index (χ1) is 18.7. The van der Waals surface area contributed by atoms with E-state index in [2.05, 4.69) is 5.32 Å². The molecule has 220 valence electrons. The van der Waals surface area contributed by atoms with Gasteiger partial charge in [0.25, 0.3) is 0 Å². The van der Waals surface area contributed by atoms with Crippen LogP contribution in [0.3, 0.4) is 0 Å². The van der Waals surface area contributed by atoms with Crippen molar-refractivity contribution in [2.24, 2.45) is 0 Å².